The van der Waals surface area contributed by atoms with Crippen molar-refractivity contribution in [2.45, 2.75) is 0 Å². The molecule has 0 unspecified atom stereocenters. The Morgan fingerprint density at radius 1 is 0.625 bits per heavy atom. The minimum atomic E-state index is 0. The van der Waals surface area contributed by atoms with Gasteiger partial charge in [-0.05, 0) is 0 Å². The Morgan fingerprint density at radius 2 is 0.625 bits per heavy atom. The zero-order valence-electron chi connectivity index (χ0n) is 3.63. The fraction of sp³-hybridized carbons (Fsp3) is 0. The van der Waals surface area contributed by atoms with Gasteiger partial charge in [0.2, 0.25) is 0 Å². The fourth-order valence-electron chi connectivity index (χ4n) is 0. The van der Waals surface area contributed by atoms with Gasteiger partial charge in [-0.1, -0.05) is 0 Å². The minimum absolute atomic E-state index is 0. The summed E-state index contributed by atoms with van der Waals surface area (Å²) in [6.45, 7) is 0. The van der Waals surface area contributed by atoms with Gasteiger partial charge in [-0.15, -0.1) is 0 Å². The Bertz CT molecular complexity index is 8.49. The molecule has 0 amide bonds. The Hall–Kier alpha value is 0.821. The van der Waals surface area contributed by atoms with Crippen molar-refractivity contribution in [3.63, 3.8) is 0 Å². The summed E-state index contributed by atoms with van der Waals surface area (Å²) >= 11 is 0.700. The molecule has 50 valence electrons. The summed E-state index contributed by atoms with van der Waals surface area (Å²) in [5, 5.41) is 0. The zero-order chi connectivity index (χ0) is 2.00. The van der Waals surface area contributed by atoms with E-state index in [0.717, 1.165) is 0 Å². The van der Waals surface area contributed by atoms with Crippen molar-refractivity contribution >= 4 is 17.4 Å². The molecular weight excluding hydrogens is 219 g/mol. The summed E-state index contributed by atoms with van der Waals surface area (Å²) in [5.74, 6) is 0. The molecule has 0 fully saturated rings. The Morgan fingerprint density at radius 3 is 0.625 bits per heavy atom. The van der Waals surface area contributed by atoms with Gasteiger partial charge in [0.25, 0.3) is 0 Å². The molecule has 0 saturated carbocycles. The summed E-state index contributed by atoms with van der Waals surface area (Å²) in [6, 6.07) is 0. The van der Waals surface area contributed by atoms with Crippen LogP contribution in [0.25, 0.3) is 0 Å². The van der Waals surface area contributed by atoms with Gasteiger partial charge in [-0.25, -0.2) is 0 Å². The third-order valence-electron chi connectivity index (χ3n) is 0. The van der Waals surface area contributed by atoms with E-state index in [1.54, 1.807) is 0 Å². The first kappa shape index (κ1) is 163. The molecule has 0 aliphatic rings. The van der Waals surface area contributed by atoms with Crippen LogP contribution >= 0.6 is 0 Å². The van der Waals surface area contributed by atoms with Crippen LogP contribution in [0.1, 0.15) is 0 Å². The molecule has 8 heavy (non-hydrogen) atoms. The van der Waals surface area contributed by atoms with Crippen LogP contribution in [0.4, 0.5) is 0 Å². The van der Waals surface area contributed by atoms with E-state index in [4.69, 9.17) is 3.40 Å². The van der Waals surface area contributed by atoms with Gasteiger partial charge in [0, 0.05) is 0 Å². The van der Waals surface area contributed by atoms with Crippen LogP contribution in [0.2, 0.25) is 0 Å². The molecule has 5 N–H and O–H groups in total. The van der Waals surface area contributed by atoms with Crippen LogP contribution in [0, 0.1) is 0 Å². The standard InChI is InChI=1S/Al.Mo.5H2O.O/h;;5*1H2;/q+3;+2;;;;;;/p-5. The first-order valence-electron chi connectivity index (χ1n) is 0.167. The van der Waals surface area contributed by atoms with Crippen molar-refractivity contribution in [2.24, 2.45) is 0 Å². The molecule has 0 atom stereocenters. The SMILES string of the molecule is [Al+3].[OH-].[OH-].[OH-].[OH-].[OH-].[O]=[Mo+2]. The summed E-state index contributed by atoms with van der Waals surface area (Å²) < 4.78 is 8.26. The molecule has 0 aliphatic heterocycles. The van der Waals surface area contributed by atoms with Gasteiger partial charge in [0.15, 0.2) is 0 Å². The van der Waals surface area contributed by atoms with Gasteiger partial charge in [-0.2, -0.15) is 0 Å². The number of hydrogen-bond acceptors (Lipinski definition) is 6. The summed E-state index contributed by atoms with van der Waals surface area (Å²) in [4.78, 5) is 0. The molecule has 0 bridgehead atoms. The van der Waals surface area contributed by atoms with Gasteiger partial charge >= 0.3 is 40.5 Å². The summed E-state index contributed by atoms with van der Waals surface area (Å²) in [7, 11) is 0. The number of rotatable bonds is 0. The van der Waals surface area contributed by atoms with E-state index < -0.39 is 0 Å². The third-order valence-corrected chi connectivity index (χ3v) is 0. The van der Waals surface area contributed by atoms with Crippen LogP contribution < -0.4 is 0 Å². The fourth-order valence-corrected chi connectivity index (χ4v) is 0. The molecule has 0 rings (SSSR count). The van der Waals surface area contributed by atoms with Gasteiger partial charge < -0.3 is 27.4 Å². The van der Waals surface area contributed by atoms with E-state index >= 15 is 0 Å². The molecule has 0 heterocycles. The summed E-state index contributed by atoms with van der Waals surface area (Å²) in [5.41, 5.74) is 0. The molecule has 0 spiro atoms. The molecule has 0 aromatic carbocycles. The number of hydrogen-bond donors (Lipinski definition) is 0. The van der Waals surface area contributed by atoms with Crippen LogP contribution in [-0.2, 0) is 23.2 Å². The van der Waals surface area contributed by atoms with Crippen molar-refractivity contribution in [3.8, 4) is 0 Å². The van der Waals surface area contributed by atoms with E-state index in [2.05, 4.69) is 0 Å². The van der Waals surface area contributed by atoms with Crippen molar-refractivity contribution in [3.05, 3.63) is 0 Å². The first-order chi connectivity index (χ1) is 1.00. The molecule has 8 heteroatoms. The quantitative estimate of drug-likeness (QED) is 0.458. The van der Waals surface area contributed by atoms with E-state index in [1.165, 1.54) is 0 Å². The molecule has 0 aliphatic carbocycles. The van der Waals surface area contributed by atoms with Crippen LogP contribution in [0.5, 0.6) is 0 Å². The molecule has 0 saturated heterocycles. The van der Waals surface area contributed by atoms with E-state index in [0.29, 0.717) is 19.8 Å². The van der Waals surface area contributed by atoms with Crippen molar-refractivity contribution in [2.75, 3.05) is 0 Å². The van der Waals surface area contributed by atoms with Gasteiger partial charge in [-0.3, -0.25) is 0 Å². The van der Waals surface area contributed by atoms with Crippen LogP contribution in [0.15, 0.2) is 0 Å². The third kappa shape index (κ3) is 343. The van der Waals surface area contributed by atoms with E-state index in [-0.39, 0.29) is 44.7 Å². The van der Waals surface area contributed by atoms with Crippen LogP contribution in [-0.4, -0.2) is 44.7 Å². The van der Waals surface area contributed by atoms with Gasteiger partial charge in [0.05, 0.1) is 0 Å². The second-order valence-electron chi connectivity index (χ2n) is 0. The first-order valence-corrected chi connectivity index (χ1v) is 0.986. The predicted molar refractivity (Wildman–Crippen MR) is 16.1 cm³/mol. The molecule has 6 nitrogen and oxygen atoms in total. The molecular formula is H5AlMoO6. The van der Waals surface area contributed by atoms with Crippen molar-refractivity contribution in [1.82, 2.24) is 0 Å². The van der Waals surface area contributed by atoms with Crippen molar-refractivity contribution < 1.29 is 50.6 Å². The Kier molecular flexibility index (Phi) is 11000. The molecule has 0 aromatic rings. The van der Waals surface area contributed by atoms with Gasteiger partial charge in [0.1, 0.15) is 0 Å². The summed E-state index contributed by atoms with van der Waals surface area (Å²) in [6.07, 6.45) is 0. The van der Waals surface area contributed by atoms with Crippen molar-refractivity contribution in [1.29, 1.82) is 0 Å². The Labute approximate surface area is 68.1 Å². The zero-order valence-corrected chi connectivity index (χ0v) is 6.79. The average Bonchev–Trinajstić information content (AvgIpc) is 1.00. The van der Waals surface area contributed by atoms with Crippen LogP contribution in [0.3, 0.4) is 0 Å². The average molecular weight is 224 g/mol. The molecule has 0 radical (unpaired) electrons. The molecule has 0 aromatic heterocycles. The second kappa shape index (κ2) is 540. The van der Waals surface area contributed by atoms with E-state index in [1.807, 2.05) is 0 Å². The maximum absolute atomic E-state index is 8.26. The predicted octanol–water partition coefficient (Wildman–Crippen LogP) is -1.39. The topological polar surface area (TPSA) is 167 Å². The maximum atomic E-state index is 8.26. The van der Waals surface area contributed by atoms with E-state index in [9.17, 15) is 0 Å². The monoisotopic (exact) mass is 226 g/mol. The normalized spacial score (nSPS) is 0.375. The Balaban J connectivity index is -0.000000000333. The second-order valence-corrected chi connectivity index (χ2v) is 0.